The summed E-state index contributed by atoms with van der Waals surface area (Å²) >= 11 is 3.19. The number of anilines is 1. The second kappa shape index (κ2) is 8.41. The zero-order chi connectivity index (χ0) is 24.2. The van der Waals surface area contributed by atoms with Crippen molar-refractivity contribution in [3.05, 3.63) is 60.6 Å². The fourth-order valence-corrected chi connectivity index (χ4v) is 8.11. The van der Waals surface area contributed by atoms with Crippen LogP contribution in [0.5, 0.6) is 0 Å². The van der Waals surface area contributed by atoms with E-state index in [1.807, 2.05) is 23.3 Å². The van der Waals surface area contributed by atoms with Gasteiger partial charge in [-0.3, -0.25) is 9.69 Å². The van der Waals surface area contributed by atoms with Gasteiger partial charge in [-0.25, -0.2) is 0 Å². The van der Waals surface area contributed by atoms with E-state index in [0.717, 1.165) is 52.4 Å². The lowest BCUT2D eigenvalue weighted by Gasteiger charge is -2.43. The van der Waals surface area contributed by atoms with E-state index in [2.05, 4.69) is 26.0 Å². The summed E-state index contributed by atoms with van der Waals surface area (Å²) < 4.78 is 0. The first-order valence-electron chi connectivity index (χ1n) is 11.8. The van der Waals surface area contributed by atoms with Gasteiger partial charge in [0.1, 0.15) is 16.9 Å². The average Bonchev–Trinajstić information content (AvgIpc) is 3.26. The number of carbonyl (C=O) groups is 1. The van der Waals surface area contributed by atoms with Crippen LogP contribution >= 0.6 is 22.7 Å². The molecule has 2 aliphatic carbocycles. The molecule has 2 N–H and O–H groups in total. The summed E-state index contributed by atoms with van der Waals surface area (Å²) in [6.45, 7) is 6.23. The third-order valence-corrected chi connectivity index (χ3v) is 9.62. The molecule has 0 radical (unpaired) electrons. The molecular formula is C27H28N4OS2. The summed E-state index contributed by atoms with van der Waals surface area (Å²) in [4.78, 5) is 17.8. The summed E-state index contributed by atoms with van der Waals surface area (Å²) in [5, 5.41) is 23.3. The van der Waals surface area contributed by atoms with E-state index in [1.54, 1.807) is 22.7 Å². The van der Waals surface area contributed by atoms with Crippen LogP contribution in [0.4, 0.5) is 5.00 Å². The summed E-state index contributed by atoms with van der Waals surface area (Å²) in [5.41, 5.74) is 11.4. The molecule has 3 aliphatic rings. The normalized spacial score (nSPS) is 22.1. The molecule has 7 heteroatoms. The number of thiophene rings is 2. The van der Waals surface area contributed by atoms with Crippen LogP contribution in [0.3, 0.4) is 0 Å². The molecule has 0 saturated heterocycles. The number of carbonyl (C=O) groups excluding carboxylic acids is 1. The van der Waals surface area contributed by atoms with Gasteiger partial charge in [0, 0.05) is 27.4 Å². The smallest absolute Gasteiger partial charge is 0.162 e. The van der Waals surface area contributed by atoms with Crippen LogP contribution in [-0.4, -0.2) is 5.78 Å². The summed E-state index contributed by atoms with van der Waals surface area (Å²) in [5.74, 6) is -0.00782. The molecule has 0 unspecified atom stereocenters. The maximum atomic E-state index is 13.7. The van der Waals surface area contributed by atoms with Gasteiger partial charge in [0.25, 0.3) is 0 Å². The van der Waals surface area contributed by atoms with Crippen molar-refractivity contribution in [2.24, 2.45) is 11.1 Å². The molecule has 0 bridgehead atoms. The Balaban J connectivity index is 1.79. The largest absolute Gasteiger partial charge is 0.384 e. The van der Waals surface area contributed by atoms with Crippen molar-refractivity contribution >= 4 is 33.5 Å². The number of ketones is 1. The van der Waals surface area contributed by atoms with Crippen molar-refractivity contribution in [1.82, 2.24) is 0 Å². The Morgan fingerprint density at radius 3 is 2.59 bits per heavy atom. The Hall–Kier alpha value is -2.87. The number of fused-ring (bicyclic) bond motifs is 1. The van der Waals surface area contributed by atoms with Gasteiger partial charge in [0.05, 0.1) is 23.1 Å². The molecule has 3 heterocycles. The minimum Gasteiger partial charge on any atom is -0.384 e. The first-order valence-corrected chi connectivity index (χ1v) is 13.5. The van der Waals surface area contributed by atoms with Crippen molar-refractivity contribution in [3.63, 3.8) is 0 Å². The standard InChI is InChI=1S/C27H28N4OS2/c1-15-9-10-33-24(15)22-18(14-29)25(30)31(19-11-27(2,3)12-20(32)23(19)22)26-17(13-28)16-7-5-4-6-8-21(16)34-26/h9-10,22H,4-8,11-12,30H2,1-3H3/t22-/m1/s1. The molecule has 0 fully saturated rings. The minimum absolute atomic E-state index is 0.0749. The first-order chi connectivity index (χ1) is 16.3. The van der Waals surface area contributed by atoms with Crippen LogP contribution in [0.15, 0.2) is 34.1 Å². The number of nitriles is 2. The molecule has 2 aromatic rings. The lowest BCUT2D eigenvalue weighted by Crippen LogP contribution is -2.42. The van der Waals surface area contributed by atoms with E-state index in [4.69, 9.17) is 5.73 Å². The topological polar surface area (TPSA) is 93.9 Å². The van der Waals surface area contributed by atoms with E-state index in [-0.39, 0.29) is 11.2 Å². The van der Waals surface area contributed by atoms with Crippen molar-refractivity contribution < 1.29 is 4.79 Å². The number of rotatable bonds is 2. The zero-order valence-corrected chi connectivity index (χ0v) is 21.5. The van der Waals surface area contributed by atoms with Crippen LogP contribution in [0.2, 0.25) is 0 Å². The molecule has 0 aromatic carbocycles. The molecule has 174 valence electrons. The molecule has 5 nitrogen and oxygen atoms in total. The predicted octanol–water partition coefficient (Wildman–Crippen LogP) is 6.20. The molecule has 5 rings (SSSR count). The van der Waals surface area contributed by atoms with Crippen LogP contribution in [0.1, 0.15) is 78.3 Å². The third kappa shape index (κ3) is 3.50. The Kier molecular flexibility index (Phi) is 5.67. The average molecular weight is 489 g/mol. The van der Waals surface area contributed by atoms with Crippen LogP contribution in [-0.2, 0) is 17.6 Å². The second-order valence-corrected chi connectivity index (χ2v) is 12.3. The third-order valence-electron chi connectivity index (χ3n) is 7.26. The quantitative estimate of drug-likeness (QED) is 0.508. The predicted molar refractivity (Wildman–Crippen MR) is 136 cm³/mol. The highest BCUT2D eigenvalue weighted by Crippen LogP contribution is 2.53. The highest BCUT2D eigenvalue weighted by Gasteiger charge is 2.46. The van der Waals surface area contributed by atoms with Gasteiger partial charge in [-0.1, -0.05) is 20.3 Å². The Bertz CT molecular complexity index is 1340. The number of hydrogen-bond acceptors (Lipinski definition) is 7. The van der Waals surface area contributed by atoms with E-state index in [1.165, 1.54) is 11.3 Å². The van der Waals surface area contributed by atoms with Gasteiger partial charge in [-0.05, 0) is 67.0 Å². The van der Waals surface area contributed by atoms with Gasteiger partial charge >= 0.3 is 0 Å². The maximum Gasteiger partial charge on any atom is 0.162 e. The van der Waals surface area contributed by atoms with Gasteiger partial charge < -0.3 is 5.73 Å². The number of allylic oxidation sites excluding steroid dienone is 3. The highest BCUT2D eigenvalue weighted by atomic mass is 32.1. The molecular weight excluding hydrogens is 460 g/mol. The van der Waals surface area contributed by atoms with Gasteiger partial charge in [0.2, 0.25) is 0 Å². The fourth-order valence-electron chi connectivity index (χ4n) is 5.68. The first kappa shape index (κ1) is 22.9. The molecule has 34 heavy (non-hydrogen) atoms. The number of aryl methyl sites for hydroxylation is 2. The second-order valence-electron chi connectivity index (χ2n) is 10.3. The lowest BCUT2D eigenvalue weighted by atomic mass is 9.69. The van der Waals surface area contributed by atoms with Gasteiger partial charge in [-0.15, -0.1) is 22.7 Å². The van der Waals surface area contributed by atoms with Gasteiger partial charge in [-0.2, -0.15) is 10.5 Å². The number of nitrogens with zero attached hydrogens (tertiary/aromatic N) is 3. The number of hydrogen-bond donors (Lipinski definition) is 1. The Morgan fingerprint density at radius 1 is 1.15 bits per heavy atom. The Morgan fingerprint density at radius 2 is 1.91 bits per heavy atom. The van der Waals surface area contributed by atoms with Crippen molar-refractivity contribution in [2.45, 2.75) is 71.6 Å². The summed E-state index contributed by atoms with van der Waals surface area (Å²) in [7, 11) is 0. The van der Waals surface area contributed by atoms with Crippen LogP contribution in [0.25, 0.3) is 0 Å². The monoisotopic (exact) mass is 488 g/mol. The molecule has 2 aromatic heterocycles. The summed E-state index contributed by atoms with van der Waals surface area (Å²) in [6.07, 6.45) is 6.33. The molecule has 0 saturated carbocycles. The van der Waals surface area contributed by atoms with E-state index in [9.17, 15) is 15.3 Å². The van der Waals surface area contributed by atoms with Crippen LogP contribution < -0.4 is 10.6 Å². The zero-order valence-electron chi connectivity index (χ0n) is 19.8. The maximum absolute atomic E-state index is 13.7. The molecule has 1 atom stereocenters. The molecule has 1 aliphatic heterocycles. The van der Waals surface area contributed by atoms with Crippen molar-refractivity contribution in [2.75, 3.05) is 4.90 Å². The Labute approximate surface area is 208 Å². The SMILES string of the molecule is Cc1ccsc1[C@@H]1C(C#N)=C(N)N(c2sc3c(c2C#N)CCCCC3)C2=C1C(=O)CC(C)(C)C2. The molecule has 0 amide bonds. The van der Waals surface area contributed by atoms with Crippen molar-refractivity contribution in [3.8, 4) is 12.1 Å². The van der Waals surface area contributed by atoms with Crippen molar-refractivity contribution in [1.29, 1.82) is 10.5 Å². The lowest BCUT2D eigenvalue weighted by molar-refractivity contribution is -0.118. The van der Waals surface area contributed by atoms with Crippen LogP contribution in [0, 0.1) is 35.0 Å². The number of nitrogens with two attached hydrogens (primary N) is 1. The fraction of sp³-hybridized carbons (Fsp3) is 0.444. The molecule has 0 spiro atoms. The van der Waals surface area contributed by atoms with E-state index < -0.39 is 5.92 Å². The minimum atomic E-state index is -0.442. The number of Topliss-reactive ketones (excluding diaryl/α,β-unsaturated/α-hetero) is 1. The van der Waals surface area contributed by atoms with E-state index in [0.29, 0.717) is 35.4 Å². The highest BCUT2D eigenvalue weighted by molar-refractivity contribution is 7.16. The summed E-state index contributed by atoms with van der Waals surface area (Å²) in [6, 6.07) is 6.84. The van der Waals surface area contributed by atoms with Gasteiger partial charge in [0.15, 0.2) is 5.78 Å². The van der Waals surface area contributed by atoms with E-state index >= 15 is 0 Å².